The van der Waals surface area contributed by atoms with Crippen LogP contribution in [0.5, 0.6) is 0 Å². The van der Waals surface area contributed by atoms with Crippen molar-refractivity contribution < 1.29 is 17.7 Å². The first-order chi connectivity index (χ1) is 15.4. The van der Waals surface area contributed by atoms with Crippen molar-refractivity contribution in [1.82, 2.24) is 24.2 Å². The summed E-state index contributed by atoms with van der Waals surface area (Å²) >= 11 is 0. The number of carbonyl (C=O) groups excluding carboxylic acids is 1. The zero-order chi connectivity index (χ0) is 22.3. The Balaban J connectivity index is 1.21. The smallest absolute Gasteiger partial charge is 0.243 e. The average Bonchev–Trinajstić information content (AvgIpc) is 3.56. The monoisotopic (exact) mass is 459 g/mol. The molecular weight excluding hydrogens is 430 g/mol. The molecule has 172 valence electrons. The normalized spacial score (nSPS) is 21.7. The van der Waals surface area contributed by atoms with Crippen LogP contribution in [-0.2, 0) is 14.8 Å². The fourth-order valence-corrected chi connectivity index (χ4v) is 5.87. The molecule has 2 aromatic rings. The maximum absolute atomic E-state index is 13.1. The van der Waals surface area contributed by atoms with E-state index in [4.69, 9.17) is 4.52 Å². The first kappa shape index (κ1) is 21.5. The summed E-state index contributed by atoms with van der Waals surface area (Å²) in [7, 11) is -1.54. The number of likely N-dealkylation sites (N-methyl/N-ethyl adjacent to an activating group) is 1. The van der Waals surface area contributed by atoms with Gasteiger partial charge in [-0.25, -0.2) is 8.42 Å². The Morgan fingerprint density at radius 2 is 1.62 bits per heavy atom. The standard InChI is InChI=1S/C22H29N5O4S/c1-25-12-14-26(15-13-25)22(28)18-8-10-27(11-9-18)32(29,30)19-6-4-16(5-7-19)20-23-21(31-24-20)17-2-3-17/h4-7,17-18H,2-3,8-15H2,1H3. The summed E-state index contributed by atoms with van der Waals surface area (Å²) in [6.07, 6.45) is 3.29. The van der Waals surface area contributed by atoms with Gasteiger partial charge in [0.2, 0.25) is 27.6 Å². The van der Waals surface area contributed by atoms with Crippen molar-refractivity contribution in [1.29, 1.82) is 0 Å². The molecule has 1 aliphatic carbocycles. The van der Waals surface area contributed by atoms with Crippen molar-refractivity contribution in [2.75, 3.05) is 46.3 Å². The Bertz CT molecular complexity index is 1060. The molecule has 1 saturated carbocycles. The molecule has 32 heavy (non-hydrogen) atoms. The van der Waals surface area contributed by atoms with Crippen molar-refractivity contribution in [3.63, 3.8) is 0 Å². The van der Waals surface area contributed by atoms with Crippen LogP contribution >= 0.6 is 0 Å². The van der Waals surface area contributed by atoms with Gasteiger partial charge in [-0.3, -0.25) is 4.79 Å². The molecular formula is C22H29N5O4S. The van der Waals surface area contributed by atoms with E-state index in [1.54, 1.807) is 24.3 Å². The lowest BCUT2D eigenvalue weighted by atomic mass is 9.96. The summed E-state index contributed by atoms with van der Waals surface area (Å²) < 4.78 is 33.0. The zero-order valence-electron chi connectivity index (χ0n) is 18.3. The molecule has 5 rings (SSSR count). The summed E-state index contributed by atoms with van der Waals surface area (Å²) in [6, 6.07) is 6.63. The highest BCUT2D eigenvalue weighted by Gasteiger charge is 2.34. The third-order valence-electron chi connectivity index (χ3n) is 6.74. The van der Waals surface area contributed by atoms with Crippen molar-refractivity contribution in [3.05, 3.63) is 30.2 Å². The van der Waals surface area contributed by atoms with Crippen LogP contribution < -0.4 is 0 Å². The molecule has 0 N–H and O–H groups in total. The van der Waals surface area contributed by atoms with E-state index in [9.17, 15) is 13.2 Å². The number of rotatable bonds is 5. The quantitative estimate of drug-likeness (QED) is 0.672. The van der Waals surface area contributed by atoms with Gasteiger partial charge >= 0.3 is 0 Å². The molecule has 1 amide bonds. The highest BCUT2D eigenvalue weighted by atomic mass is 32.2. The van der Waals surface area contributed by atoms with E-state index in [0.717, 1.165) is 44.6 Å². The predicted octanol–water partition coefficient (Wildman–Crippen LogP) is 1.79. The van der Waals surface area contributed by atoms with Crippen LogP contribution in [0.3, 0.4) is 0 Å². The number of aromatic nitrogens is 2. The molecule has 3 aliphatic rings. The van der Waals surface area contributed by atoms with Gasteiger partial charge in [-0.2, -0.15) is 9.29 Å². The lowest BCUT2D eigenvalue weighted by Crippen LogP contribution is -2.50. The van der Waals surface area contributed by atoms with Crippen LogP contribution in [0.25, 0.3) is 11.4 Å². The van der Waals surface area contributed by atoms with Crippen molar-refractivity contribution in [3.8, 4) is 11.4 Å². The van der Waals surface area contributed by atoms with E-state index in [1.807, 2.05) is 4.90 Å². The van der Waals surface area contributed by atoms with E-state index in [1.165, 1.54) is 4.31 Å². The number of hydrogen-bond donors (Lipinski definition) is 0. The van der Waals surface area contributed by atoms with Crippen LogP contribution in [0.15, 0.2) is 33.7 Å². The lowest BCUT2D eigenvalue weighted by molar-refractivity contribution is -0.138. The van der Waals surface area contributed by atoms with Crippen molar-refractivity contribution in [2.24, 2.45) is 5.92 Å². The molecule has 0 bridgehead atoms. The predicted molar refractivity (Wildman–Crippen MR) is 117 cm³/mol. The third-order valence-corrected chi connectivity index (χ3v) is 8.65. The van der Waals surface area contributed by atoms with Crippen LogP contribution in [0, 0.1) is 5.92 Å². The minimum Gasteiger partial charge on any atom is -0.340 e. The van der Waals surface area contributed by atoms with Gasteiger partial charge in [0.1, 0.15) is 0 Å². The number of sulfonamides is 1. The first-order valence-electron chi connectivity index (χ1n) is 11.3. The minimum absolute atomic E-state index is 0.0915. The van der Waals surface area contributed by atoms with Gasteiger partial charge < -0.3 is 14.3 Å². The van der Waals surface area contributed by atoms with Gasteiger partial charge in [-0.15, -0.1) is 0 Å². The number of carbonyl (C=O) groups is 1. The number of piperidine rings is 1. The summed E-state index contributed by atoms with van der Waals surface area (Å²) in [5.41, 5.74) is 0.732. The van der Waals surface area contributed by atoms with Crippen LogP contribution in [0.1, 0.15) is 37.5 Å². The summed E-state index contributed by atoms with van der Waals surface area (Å²) in [4.78, 5) is 21.6. The molecule has 0 atom stereocenters. The molecule has 2 saturated heterocycles. The Hall–Kier alpha value is -2.30. The molecule has 0 radical (unpaired) electrons. The molecule has 10 heteroatoms. The molecule has 0 spiro atoms. The maximum Gasteiger partial charge on any atom is 0.243 e. The Morgan fingerprint density at radius 3 is 2.25 bits per heavy atom. The maximum atomic E-state index is 13.1. The Labute approximate surface area is 188 Å². The molecule has 3 fully saturated rings. The molecule has 0 unspecified atom stereocenters. The number of benzene rings is 1. The molecule has 1 aromatic heterocycles. The van der Waals surface area contributed by atoms with Crippen LogP contribution in [-0.4, -0.2) is 84.9 Å². The summed E-state index contributed by atoms with van der Waals surface area (Å²) in [5, 5.41) is 4.01. The SMILES string of the molecule is CN1CCN(C(=O)C2CCN(S(=O)(=O)c3ccc(-c4noc(C5CC5)n4)cc3)CC2)CC1. The fraction of sp³-hybridized carbons (Fsp3) is 0.591. The number of amides is 1. The van der Waals surface area contributed by atoms with Gasteiger partial charge in [0.25, 0.3) is 0 Å². The second-order valence-electron chi connectivity index (χ2n) is 9.06. The van der Waals surface area contributed by atoms with Crippen LogP contribution in [0.2, 0.25) is 0 Å². The Kier molecular flexibility index (Phi) is 5.77. The number of piperazine rings is 1. The largest absolute Gasteiger partial charge is 0.340 e. The van der Waals surface area contributed by atoms with Crippen molar-refractivity contribution >= 4 is 15.9 Å². The van der Waals surface area contributed by atoms with E-state index in [2.05, 4.69) is 22.1 Å². The van der Waals surface area contributed by atoms with E-state index in [0.29, 0.717) is 43.6 Å². The number of hydrogen-bond acceptors (Lipinski definition) is 7. The first-order valence-corrected chi connectivity index (χ1v) is 12.8. The average molecular weight is 460 g/mol. The highest BCUT2D eigenvalue weighted by Crippen LogP contribution is 2.39. The molecule has 9 nitrogen and oxygen atoms in total. The molecule has 1 aromatic carbocycles. The van der Waals surface area contributed by atoms with Gasteiger partial charge in [-0.1, -0.05) is 5.16 Å². The van der Waals surface area contributed by atoms with Gasteiger partial charge in [0.05, 0.1) is 4.90 Å². The zero-order valence-corrected chi connectivity index (χ0v) is 19.1. The van der Waals surface area contributed by atoms with Gasteiger partial charge in [0, 0.05) is 56.7 Å². The topological polar surface area (TPSA) is 99.8 Å². The fourth-order valence-electron chi connectivity index (χ4n) is 4.40. The van der Waals surface area contributed by atoms with E-state index < -0.39 is 10.0 Å². The van der Waals surface area contributed by atoms with Gasteiger partial charge in [-0.05, 0) is 57.0 Å². The molecule has 2 aliphatic heterocycles. The van der Waals surface area contributed by atoms with Crippen LogP contribution in [0.4, 0.5) is 0 Å². The van der Waals surface area contributed by atoms with E-state index >= 15 is 0 Å². The number of nitrogens with zero attached hydrogens (tertiary/aromatic N) is 5. The summed E-state index contributed by atoms with van der Waals surface area (Å²) in [5.74, 6) is 1.60. The third kappa shape index (κ3) is 4.31. The van der Waals surface area contributed by atoms with E-state index in [-0.39, 0.29) is 16.7 Å². The lowest BCUT2D eigenvalue weighted by Gasteiger charge is -2.37. The molecule has 3 heterocycles. The second-order valence-corrected chi connectivity index (χ2v) is 11.0. The second kappa shape index (κ2) is 8.57. The Morgan fingerprint density at radius 1 is 0.969 bits per heavy atom. The highest BCUT2D eigenvalue weighted by molar-refractivity contribution is 7.89. The van der Waals surface area contributed by atoms with Gasteiger partial charge in [0.15, 0.2) is 0 Å². The van der Waals surface area contributed by atoms with Crippen molar-refractivity contribution in [2.45, 2.75) is 36.5 Å². The summed E-state index contributed by atoms with van der Waals surface area (Å²) in [6.45, 7) is 4.01. The minimum atomic E-state index is -3.60.